The minimum atomic E-state index is 0.326. The average Bonchev–Trinajstić information content (AvgIpc) is 2.51. The third-order valence-electron chi connectivity index (χ3n) is 4.73. The van der Waals surface area contributed by atoms with Gasteiger partial charge in [0, 0.05) is 19.1 Å². The zero-order valence-electron chi connectivity index (χ0n) is 13.7. The van der Waals surface area contributed by atoms with E-state index in [0.717, 1.165) is 32.4 Å². The summed E-state index contributed by atoms with van der Waals surface area (Å²) in [5, 5.41) is 0. The zero-order chi connectivity index (χ0) is 15.5. The molecular formula is C20H26N2. The third kappa shape index (κ3) is 3.40. The van der Waals surface area contributed by atoms with E-state index in [1.807, 2.05) is 0 Å². The summed E-state index contributed by atoms with van der Waals surface area (Å²) in [6, 6.07) is 15.6. The van der Waals surface area contributed by atoms with Crippen molar-refractivity contribution >= 4 is 0 Å². The Morgan fingerprint density at radius 2 is 1.82 bits per heavy atom. The predicted octanol–water partition coefficient (Wildman–Crippen LogP) is 3.44. The van der Waals surface area contributed by atoms with E-state index >= 15 is 0 Å². The fourth-order valence-electron chi connectivity index (χ4n) is 3.54. The molecule has 0 aliphatic heterocycles. The predicted molar refractivity (Wildman–Crippen MR) is 92.8 cm³/mol. The Balaban J connectivity index is 1.78. The molecule has 0 radical (unpaired) electrons. The highest BCUT2D eigenvalue weighted by Crippen LogP contribution is 2.28. The number of aryl methyl sites for hydroxylation is 1. The number of rotatable bonds is 4. The fraction of sp³-hybridized carbons (Fsp3) is 0.400. The highest BCUT2D eigenvalue weighted by atomic mass is 15.1. The second-order valence-corrected chi connectivity index (χ2v) is 6.66. The summed E-state index contributed by atoms with van der Waals surface area (Å²) < 4.78 is 0. The van der Waals surface area contributed by atoms with E-state index in [1.165, 1.54) is 22.3 Å². The van der Waals surface area contributed by atoms with Crippen molar-refractivity contribution in [2.45, 2.75) is 45.3 Å². The van der Waals surface area contributed by atoms with Gasteiger partial charge in [-0.05, 0) is 61.1 Å². The van der Waals surface area contributed by atoms with Crippen LogP contribution in [0.15, 0.2) is 42.5 Å². The van der Waals surface area contributed by atoms with Gasteiger partial charge in [-0.1, -0.05) is 42.5 Å². The van der Waals surface area contributed by atoms with Crippen molar-refractivity contribution in [2.24, 2.45) is 5.73 Å². The van der Waals surface area contributed by atoms with Gasteiger partial charge in [0.05, 0.1) is 0 Å². The topological polar surface area (TPSA) is 29.3 Å². The summed E-state index contributed by atoms with van der Waals surface area (Å²) in [4.78, 5) is 2.39. The Kier molecular flexibility index (Phi) is 4.60. The normalized spacial score (nSPS) is 17.5. The maximum atomic E-state index is 6.21. The molecule has 0 saturated heterocycles. The molecule has 2 N–H and O–H groups in total. The largest absolute Gasteiger partial charge is 0.327 e. The van der Waals surface area contributed by atoms with Crippen LogP contribution in [0.4, 0.5) is 0 Å². The highest BCUT2D eigenvalue weighted by molar-refractivity contribution is 5.43. The second kappa shape index (κ2) is 6.64. The fourth-order valence-corrected chi connectivity index (χ4v) is 3.54. The lowest BCUT2D eigenvalue weighted by Gasteiger charge is -2.27. The molecular weight excluding hydrogens is 268 g/mol. The average molecular weight is 294 g/mol. The van der Waals surface area contributed by atoms with E-state index in [0.29, 0.717) is 6.04 Å². The first-order valence-electron chi connectivity index (χ1n) is 8.22. The molecule has 0 fully saturated rings. The Labute approximate surface area is 134 Å². The first-order valence-corrected chi connectivity index (χ1v) is 8.22. The lowest BCUT2D eigenvalue weighted by molar-refractivity contribution is 0.317. The van der Waals surface area contributed by atoms with Gasteiger partial charge < -0.3 is 5.73 Å². The molecule has 1 aliphatic rings. The van der Waals surface area contributed by atoms with Crippen LogP contribution >= 0.6 is 0 Å². The van der Waals surface area contributed by atoms with Gasteiger partial charge in [0.15, 0.2) is 0 Å². The highest BCUT2D eigenvalue weighted by Gasteiger charge is 2.20. The molecule has 2 aromatic carbocycles. The molecule has 0 spiro atoms. The second-order valence-electron chi connectivity index (χ2n) is 6.66. The standard InChI is InChI=1S/C20H26N2/c1-15-8-9-17(20-12-18(21)10-11-19(15)20)14-22(2)13-16-6-4-3-5-7-16/h3-9,18H,10-14,21H2,1-2H3/t18-/m1/s1. The molecule has 2 aromatic rings. The molecule has 0 heterocycles. The van der Waals surface area contributed by atoms with Crippen LogP contribution in [0.2, 0.25) is 0 Å². The van der Waals surface area contributed by atoms with Gasteiger partial charge in [0.2, 0.25) is 0 Å². The monoisotopic (exact) mass is 294 g/mol. The maximum absolute atomic E-state index is 6.21. The molecule has 2 nitrogen and oxygen atoms in total. The van der Waals surface area contributed by atoms with Gasteiger partial charge in [0.1, 0.15) is 0 Å². The van der Waals surface area contributed by atoms with Crippen LogP contribution in [0.3, 0.4) is 0 Å². The first-order chi connectivity index (χ1) is 10.6. The van der Waals surface area contributed by atoms with Crippen molar-refractivity contribution in [3.63, 3.8) is 0 Å². The van der Waals surface area contributed by atoms with Gasteiger partial charge in [0.25, 0.3) is 0 Å². The lowest BCUT2D eigenvalue weighted by atomic mass is 9.83. The Bertz CT molecular complexity index is 634. The lowest BCUT2D eigenvalue weighted by Crippen LogP contribution is -2.30. The van der Waals surface area contributed by atoms with Crippen LogP contribution in [-0.2, 0) is 25.9 Å². The molecule has 3 rings (SSSR count). The van der Waals surface area contributed by atoms with Crippen LogP contribution in [0.5, 0.6) is 0 Å². The molecule has 116 valence electrons. The Morgan fingerprint density at radius 1 is 1.05 bits per heavy atom. The van der Waals surface area contributed by atoms with Crippen LogP contribution in [-0.4, -0.2) is 18.0 Å². The number of benzene rings is 2. The first kappa shape index (κ1) is 15.3. The van der Waals surface area contributed by atoms with Gasteiger partial charge >= 0.3 is 0 Å². The number of hydrogen-bond acceptors (Lipinski definition) is 2. The number of nitrogens with zero attached hydrogens (tertiary/aromatic N) is 1. The molecule has 0 unspecified atom stereocenters. The van der Waals surface area contributed by atoms with Gasteiger partial charge in [-0.15, -0.1) is 0 Å². The Morgan fingerprint density at radius 3 is 2.59 bits per heavy atom. The van der Waals surface area contributed by atoms with E-state index in [4.69, 9.17) is 5.73 Å². The summed E-state index contributed by atoms with van der Waals surface area (Å²) in [6.45, 7) is 4.20. The quantitative estimate of drug-likeness (QED) is 0.936. The van der Waals surface area contributed by atoms with Crippen molar-refractivity contribution in [3.8, 4) is 0 Å². The van der Waals surface area contributed by atoms with Crippen LogP contribution < -0.4 is 5.73 Å². The van der Waals surface area contributed by atoms with E-state index < -0.39 is 0 Å². The molecule has 0 aromatic heterocycles. The summed E-state index contributed by atoms with van der Waals surface area (Å²) in [5.74, 6) is 0. The van der Waals surface area contributed by atoms with E-state index in [1.54, 1.807) is 5.56 Å². The van der Waals surface area contributed by atoms with E-state index in [2.05, 4.69) is 61.3 Å². The van der Waals surface area contributed by atoms with Crippen LogP contribution in [0.1, 0.15) is 34.2 Å². The SMILES string of the molecule is Cc1ccc(CN(C)Cc2ccccc2)c2c1CC[C@@H](N)C2. The summed E-state index contributed by atoms with van der Waals surface area (Å²) >= 11 is 0. The molecule has 22 heavy (non-hydrogen) atoms. The molecule has 0 amide bonds. The Hall–Kier alpha value is -1.64. The number of nitrogens with two attached hydrogens (primary N) is 1. The molecule has 0 saturated carbocycles. The van der Waals surface area contributed by atoms with Gasteiger partial charge in [-0.25, -0.2) is 0 Å². The van der Waals surface area contributed by atoms with Crippen LogP contribution in [0.25, 0.3) is 0 Å². The molecule has 1 aliphatic carbocycles. The van der Waals surface area contributed by atoms with Gasteiger partial charge in [-0.3, -0.25) is 4.90 Å². The summed E-state index contributed by atoms with van der Waals surface area (Å²) in [7, 11) is 2.20. The van der Waals surface area contributed by atoms with Crippen LogP contribution in [0, 0.1) is 6.92 Å². The van der Waals surface area contributed by atoms with Gasteiger partial charge in [-0.2, -0.15) is 0 Å². The molecule has 2 heteroatoms. The van der Waals surface area contributed by atoms with E-state index in [-0.39, 0.29) is 0 Å². The van der Waals surface area contributed by atoms with Crippen molar-refractivity contribution in [3.05, 3.63) is 70.3 Å². The third-order valence-corrected chi connectivity index (χ3v) is 4.73. The van der Waals surface area contributed by atoms with Crippen molar-refractivity contribution < 1.29 is 0 Å². The molecule has 1 atom stereocenters. The molecule has 0 bridgehead atoms. The van der Waals surface area contributed by atoms with E-state index in [9.17, 15) is 0 Å². The minimum absolute atomic E-state index is 0.326. The number of fused-ring (bicyclic) bond motifs is 1. The van der Waals surface area contributed by atoms with Crippen molar-refractivity contribution in [1.29, 1.82) is 0 Å². The summed E-state index contributed by atoms with van der Waals surface area (Å²) in [5.41, 5.74) is 13.5. The smallest absolute Gasteiger partial charge is 0.0237 e. The van der Waals surface area contributed by atoms with Crippen molar-refractivity contribution in [2.75, 3.05) is 7.05 Å². The summed E-state index contributed by atoms with van der Waals surface area (Å²) in [6.07, 6.45) is 3.29. The van der Waals surface area contributed by atoms with Crippen molar-refractivity contribution in [1.82, 2.24) is 4.90 Å². The number of hydrogen-bond donors (Lipinski definition) is 1. The minimum Gasteiger partial charge on any atom is -0.327 e. The zero-order valence-corrected chi connectivity index (χ0v) is 13.7. The maximum Gasteiger partial charge on any atom is 0.0237 e.